The Balaban J connectivity index is 1.21. The Morgan fingerprint density at radius 2 is 1.23 bits per heavy atom. The lowest BCUT2D eigenvalue weighted by atomic mass is 9.62. The second-order valence-electron chi connectivity index (χ2n) is 25.1. The Kier molecular flexibility index (Phi) is 21.4. The van der Waals surface area contributed by atoms with E-state index in [0.29, 0.717) is 74.2 Å². The molecule has 0 radical (unpaired) electrons. The maximum absolute atomic E-state index is 13.6. The Hall–Kier alpha value is -5.16. The summed E-state index contributed by atoms with van der Waals surface area (Å²) in [4.78, 5) is 91.2. The van der Waals surface area contributed by atoms with Gasteiger partial charge in [-0.1, -0.05) is 102 Å². The van der Waals surface area contributed by atoms with Crippen molar-refractivity contribution in [2.45, 2.75) is 192 Å². The van der Waals surface area contributed by atoms with Crippen LogP contribution in [0, 0.1) is 64.6 Å². The number of amides is 6. The molecule has 412 valence electrons. The second-order valence-corrected chi connectivity index (χ2v) is 25.1. The molecule has 2 heterocycles. The molecule has 2 aromatic rings. The van der Waals surface area contributed by atoms with Crippen LogP contribution in [-0.4, -0.2) is 94.5 Å². The van der Waals surface area contributed by atoms with Crippen LogP contribution in [0.15, 0.2) is 21.7 Å². The molecule has 6 amide bonds. The predicted octanol–water partition coefficient (Wildman–Crippen LogP) is 10.7. The number of hydrogen-bond donors (Lipinski definition) is 7. The first-order valence-electron chi connectivity index (χ1n) is 27.0. The highest BCUT2D eigenvalue weighted by Crippen LogP contribution is 2.48. The van der Waals surface area contributed by atoms with Crippen LogP contribution in [0.5, 0.6) is 0 Å². The van der Waals surface area contributed by atoms with E-state index in [-0.39, 0.29) is 57.1 Å². The van der Waals surface area contributed by atoms with Gasteiger partial charge < -0.3 is 40.3 Å². The first-order chi connectivity index (χ1) is 34.0. The number of H-pyrrole nitrogens is 2. The smallest absolute Gasteiger partial charge is 0.409 e. The van der Waals surface area contributed by atoms with Crippen molar-refractivity contribution in [1.82, 2.24) is 40.8 Å². The summed E-state index contributed by atoms with van der Waals surface area (Å²) < 4.78 is 11.8. The third kappa shape index (κ3) is 19.6. The molecule has 0 saturated heterocycles. The van der Waals surface area contributed by atoms with Gasteiger partial charge in [0, 0.05) is 55.7 Å². The van der Waals surface area contributed by atoms with Gasteiger partial charge in [-0.3, -0.25) is 20.2 Å². The molecule has 18 nitrogen and oxygen atoms in total. The van der Waals surface area contributed by atoms with Gasteiger partial charge in [0.25, 0.3) is 11.1 Å². The molecule has 2 fully saturated rings. The summed E-state index contributed by atoms with van der Waals surface area (Å²) in [5, 5.41) is 14.3. The zero-order valence-electron chi connectivity index (χ0n) is 47.2. The Labute approximate surface area is 435 Å². The van der Waals surface area contributed by atoms with E-state index in [0.717, 1.165) is 70.6 Å². The van der Waals surface area contributed by atoms with E-state index in [1.54, 1.807) is 18.7 Å². The highest BCUT2D eigenvalue weighted by molar-refractivity contribution is 5.87. The Morgan fingerprint density at radius 3 is 1.74 bits per heavy atom. The molecule has 8 atom stereocenters. The van der Waals surface area contributed by atoms with Gasteiger partial charge in [0.05, 0.1) is 13.2 Å². The fourth-order valence-corrected chi connectivity index (χ4v) is 13.4. The van der Waals surface area contributed by atoms with Crippen LogP contribution in [0.4, 0.5) is 31.1 Å². The molecule has 7 N–H and O–H groups in total. The number of aromatic amines is 2. The normalized spacial score (nSPS) is 23.2. The zero-order valence-corrected chi connectivity index (χ0v) is 47.2. The minimum Gasteiger partial charge on any atom is -0.450 e. The number of anilines is 2. The zero-order chi connectivity index (χ0) is 54.5. The van der Waals surface area contributed by atoms with Crippen molar-refractivity contribution < 1.29 is 28.7 Å². The topological polar surface area (TPSA) is 242 Å². The van der Waals surface area contributed by atoms with Crippen molar-refractivity contribution in [3.05, 3.63) is 44.2 Å². The van der Waals surface area contributed by atoms with Gasteiger partial charge in [-0.15, -0.1) is 0 Å². The van der Waals surface area contributed by atoms with Gasteiger partial charge in [0.2, 0.25) is 11.9 Å². The maximum atomic E-state index is 13.6. The summed E-state index contributed by atoms with van der Waals surface area (Å²) in [5.41, 5.74) is -0.330. The maximum Gasteiger partial charge on any atom is 0.409 e. The van der Waals surface area contributed by atoms with Crippen LogP contribution in [0.3, 0.4) is 0 Å². The SMILES string of the molecule is CCC(CCOC(=O)NC1CC(C)(C)CC(C)(CNC(=O)Nc2nc(=O)cc(C)[nH]2)C1)CC(C)C(CC)C(C)(C)CC(CC)CCOC(=O)N(C)C1CC(C)(C)CC(C)(CNC(=O)Nc2nc(=O)cc(C)[nH]2)C1. The molecule has 2 aliphatic carbocycles. The lowest BCUT2D eigenvalue weighted by Gasteiger charge is -2.48. The van der Waals surface area contributed by atoms with Gasteiger partial charge >= 0.3 is 24.2 Å². The third-order valence-corrected chi connectivity index (χ3v) is 15.9. The molecule has 0 aliphatic heterocycles. The monoisotopic (exact) mass is 1020 g/mol. The number of ether oxygens (including phenoxy) is 2. The van der Waals surface area contributed by atoms with Crippen molar-refractivity contribution in [2.75, 3.05) is 44.0 Å². The molecule has 0 aromatic carbocycles. The minimum atomic E-state index is -0.457. The second kappa shape index (κ2) is 25.9. The number of urea groups is 2. The van der Waals surface area contributed by atoms with Crippen molar-refractivity contribution in [1.29, 1.82) is 0 Å². The number of carbonyl (C=O) groups excluding carboxylic acids is 4. The fraction of sp³-hybridized carbons (Fsp3) is 0.782. The average molecular weight is 1020 g/mol. The van der Waals surface area contributed by atoms with E-state index in [2.05, 4.69) is 130 Å². The van der Waals surface area contributed by atoms with Crippen LogP contribution in [0.2, 0.25) is 0 Å². The van der Waals surface area contributed by atoms with E-state index >= 15 is 0 Å². The number of aryl methyl sites for hydroxylation is 2. The Morgan fingerprint density at radius 1 is 0.740 bits per heavy atom. The largest absolute Gasteiger partial charge is 0.450 e. The van der Waals surface area contributed by atoms with Gasteiger partial charge in [-0.05, 0) is 129 Å². The lowest BCUT2D eigenvalue weighted by Crippen LogP contribution is -2.51. The summed E-state index contributed by atoms with van der Waals surface area (Å²) in [6.07, 6.45) is 10.7. The summed E-state index contributed by atoms with van der Waals surface area (Å²) in [6, 6.07) is 1.64. The van der Waals surface area contributed by atoms with Crippen LogP contribution in [0.25, 0.3) is 0 Å². The molecular formula is C55H94N10O8. The standard InChI is InChI=1S/C55H94N10O8/c1-16-38(19-21-72-49(70)60-40-27-51(7,8)31-54(13,28-40)33-56-47(68)63-45-58-36(5)24-43(66)61-45)23-35(4)42(18-3)53(11,12)26-39(17-2)20-22-73-50(71)65(15)41-29-52(9,10)32-55(14,30-41)34-57-48(69)64-46-59-37(6)25-44(67)62-46/h24-25,35,38-42H,16-23,26-34H2,1-15H3,(H,60,70)(H3,56,58,61,63,66,68)(H3,57,59,62,64,67,69). The molecule has 0 bridgehead atoms. The average Bonchev–Trinajstić information content (AvgIpc) is 3.24. The van der Waals surface area contributed by atoms with Crippen LogP contribution < -0.4 is 37.7 Å². The Bertz CT molecular complexity index is 2280. The number of alkyl carbamates (subject to hydrolysis) is 1. The number of hydrogen-bond acceptors (Lipinski definition) is 10. The first kappa shape index (κ1) is 60.4. The first-order valence-corrected chi connectivity index (χ1v) is 27.0. The highest BCUT2D eigenvalue weighted by atomic mass is 16.6. The van der Waals surface area contributed by atoms with Crippen LogP contribution in [-0.2, 0) is 9.47 Å². The molecule has 4 rings (SSSR count). The molecule has 2 aliphatic rings. The van der Waals surface area contributed by atoms with E-state index in [9.17, 15) is 28.8 Å². The van der Waals surface area contributed by atoms with Gasteiger partial charge in [-0.2, -0.15) is 9.97 Å². The highest BCUT2D eigenvalue weighted by Gasteiger charge is 2.45. The van der Waals surface area contributed by atoms with Crippen molar-refractivity contribution in [3.8, 4) is 0 Å². The molecule has 2 saturated carbocycles. The number of nitrogens with zero attached hydrogens (tertiary/aromatic N) is 3. The fourth-order valence-electron chi connectivity index (χ4n) is 13.4. The van der Waals surface area contributed by atoms with E-state index in [4.69, 9.17) is 9.47 Å². The van der Waals surface area contributed by atoms with E-state index < -0.39 is 29.3 Å². The number of rotatable bonds is 23. The third-order valence-electron chi connectivity index (χ3n) is 15.9. The summed E-state index contributed by atoms with van der Waals surface area (Å²) >= 11 is 0. The summed E-state index contributed by atoms with van der Waals surface area (Å²) in [6.45, 7) is 31.9. The number of nitrogens with one attached hydrogen (secondary N) is 7. The molecule has 8 unspecified atom stereocenters. The van der Waals surface area contributed by atoms with Gasteiger partial charge in [0.1, 0.15) is 0 Å². The van der Waals surface area contributed by atoms with Crippen molar-refractivity contribution >= 4 is 36.1 Å². The summed E-state index contributed by atoms with van der Waals surface area (Å²) in [7, 11) is 1.82. The van der Waals surface area contributed by atoms with E-state index in [1.165, 1.54) is 12.1 Å². The van der Waals surface area contributed by atoms with Crippen LogP contribution >= 0.6 is 0 Å². The number of carbonyl (C=O) groups is 4. The lowest BCUT2D eigenvalue weighted by molar-refractivity contribution is 0.0186. The van der Waals surface area contributed by atoms with Crippen molar-refractivity contribution in [3.63, 3.8) is 0 Å². The van der Waals surface area contributed by atoms with Crippen molar-refractivity contribution in [2.24, 2.45) is 50.7 Å². The predicted molar refractivity (Wildman–Crippen MR) is 289 cm³/mol. The van der Waals surface area contributed by atoms with E-state index in [1.807, 2.05) is 7.05 Å². The molecule has 73 heavy (non-hydrogen) atoms. The molecular weight excluding hydrogens is 929 g/mol. The minimum absolute atomic E-state index is 0.0569. The quantitative estimate of drug-likeness (QED) is 0.0555. The van der Waals surface area contributed by atoms with Gasteiger partial charge in [0.15, 0.2) is 0 Å². The summed E-state index contributed by atoms with van der Waals surface area (Å²) in [5.74, 6) is 1.93. The molecule has 2 aromatic heterocycles. The van der Waals surface area contributed by atoms with Gasteiger partial charge in [-0.25, -0.2) is 19.2 Å². The molecule has 18 heteroatoms. The van der Waals surface area contributed by atoms with Crippen LogP contribution in [0.1, 0.15) is 178 Å². The number of aromatic nitrogens is 4. The molecule has 0 spiro atoms.